The lowest BCUT2D eigenvalue weighted by Crippen LogP contribution is -2.26. The molecule has 1 aliphatic rings. The highest BCUT2D eigenvalue weighted by Gasteiger charge is 2.25. The third-order valence-electron chi connectivity index (χ3n) is 3.67. The van der Waals surface area contributed by atoms with Gasteiger partial charge < -0.3 is 10.0 Å². The summed E-state index contributed by atoms with van der Waals surface area (Å²) >= 11 is 0. The van der Waals surface area contributed by atoms with E-state index in [1.165, 1.54) is 18.2 Å². The molecule has 1 heterocycles. The van der Waals surface area contributed by atoms with Gasteiger partial charge in [0, 0.05) is 31.1 Å². The van der Waals surface area contributed by atoms with Crippen LogP contribution in [0.25, 0.3) is 6.08 Å². The summed E-state index contributed by atoms with van der Waals surface area (Å²) in [4.78, 5) is 24.2. The number of carboxylic acid groups (broad SMARTS) is 1. The number of carboxylic acids is 1. The molecule has 21 heavy (non-hydrogen) atoms. The zero-order chi connectivity index (χ0) is 15.2. The molecule has 0 saturated carbocycles. The van der Waals surface area contributed by atoms with Gasteiger partial charge in [0.25, 0.3) is 0 Å². The van der Waals surface area contributed by atoms with Gasteiger partial charge in [-0.25, -0.2) is 4.39 Å². The zero-order valence-electron chi connectivity index (χ0n) is 11.7. The van der Waals surface area contributed by atoms with Crippen molar-refractivity contribution in [2.75, 3.05) is 13.1 Å². The van der Waals surface area contributed by atoms with E-state index in [-0.39, 0.29) is 24.1 Å². The fraction of sp³-hybridized carbons (Fsp3) is 0.375. The number of nitrogens with zero attached hydrogens (tertiary/aromatic N) is 1. The number of hydrogen-bond donors (Lipinski definition) is 1. The first-order chi connectivity index (χ1) is 10.1. The van der Waals surface area contributed by atoms with Gasteiger partial charge in [0.2, 0.25) is 5.91 Å². The molecular weight excluding hydrogens is 273 g/mol. The molecule has 1 saturated heterocycles. The Bertz CT molecular complexity index is 556. The van der Waals surface area contributed by atoms with Crippen LogP contribution in [0.5, 0.6) is 0 Å². The highest BCUT2D eigenvalue weighted by Crippen LogP contribution is 2.21. The van der Waals surface area contributed by atoms with E-state index >= 15 is 0 Å². The lowest BCUT2D eigenvalue weighted by Gasteiger charge is -2.14. The van der Waals surface area contributed by atoms with Crippen molar-refractivity contribution in [1.29, 1.82) is 0 Å². The van der Waals surface area contributed by atoms with Crippen LogP contribution in [0.1, 0.15) is 24.8 Å². The van der Waals surface area contributed by atoms with Crippen molar-refractivity contribution in [1.82, 2.24) is 4.90 Å². The van der Waals surface area contributed by atoms with Gasteiger partial charge in [-0.3, -0.25) is 9.59 Å². The van der Waals surface area contributed by atoms with Crippen LogP contribution in [-0.4, -0.2) is 35.0 Å². The predicted octanol–water partition coefficient (Wildman–Crippen LogP) is 2.55. The summed E-state index contributed by atoms with van der Waals surface area (Å²) in [5.41, 5.74) is 0.382. The molecule has 112 valence electrons. The van der Waals surface area contributed by atoms with Crippen LogP contribution >= 0.6 is 0 Å². The largest absolute Gasteiger partial charge is 0.481 e. The number of benzene rings is 1. The van der Waals surface area contributed by atoms with E-state index in [0.717, 1.165) is 6.42 Å². The molecule has 1 N–H and O–H groups in total. The van der Waals surface area contributed by atoms with E-state index in [2.05, 4.69) is 0 Å². The van der Waals surface area contributed by atoms with Crippen molar-refractivity contribution in [2.24, 2.45) is 5.92 Å². The number of halogens is 1. The summed E-state index contributed by atoms with van der Waals surface area (Å²) in [5, 5.41) is 8.66. The number of carbonyl (C=O) groups excluding carboxylic acids is 1. The van der Waals surface area contributed by atoms with E-state index < -0.39 is 5.97 Å². The second kappa shape index (κ2) is 7.02. The Labute approximate surface area is 122 Å². The van der Waals surface area contributed by atoms with Crippen molar-refractivity contribution in [3.05, 3.63) is 41.7 Å². The average molecular weight is 291 g/mol. The van der Waals surface area contributed by atoms with Crippen LogP contribution in [0, 0.1) is 11.7 Å². The van der Waals surface area contributed by atoms with Crippen molar-refractivity contribution < 1.29 is 19.1 Å². The molecule has 4 nitrogen and oxygen atoms in total. The van der Waals surface area contributed by atoms with E-state index in [1.54, 1.807) is 23.1 Å². The molecule has 1 aromatic carbocycles. The highest BCUT2D eigenvalue weighted by atomic mass is 19.1. The summed E-state index contributed by atoms with van der Waals surface area (Å²) in [6.45, 7) is 1.21. The Hall–Kier alpha value is -2.17. The van der Waals surface area contributed by atoms with E-state index in [9.17, 15) is 14.0 Å². The molecule has 5 heteroatoms. The number of rotatable bonds is 5. The number of aliphatic carboxylic acids is 1. The first-order valence-electron chi connectivity index (χ1n) is 6.99. The van der Waals surface area contributed by atoms with Gasteiger partial charge in [0.15, 0.2) is 0 Å². The van der Waals surface area contributed by atoms with Gasteiger partial charge >= 0.3 is 5.97 Å². The molecule has 0 radical (unpaired) electrons. The second-order valence-electron chi connectivity index (χ2n) is 5.23. The normalized spacial score (nSPS) is 18.3. The number of amides is 1. The standard InChI is InChI=1S/C16H18FNO3/c17-14-4-2-1-3-13(14)6-7-15(19)18-10-9-12(11-18)5-8-16(20)21/h1-4,6-7,12H,5,8-11H2,(H,20,21)/b7-6+. The van der Waals surface area contributed by atoms with Crippen molar-refractivity contribution in [3.63, 3.8) is 0 Å². The van der Waals surface area contributed by atoms with Crippen molar-refractivity contribution in [2.45, 2.75) is 19.3 Å². The van der Waals surface area contributed by atoms with Gasteiger partial charge in [0.05, 0.1) is 0 Å². The molecule has 0 aromatic heterocycles. The second-order valence-corrected chi connectivity index (χ2v) is 5.23. The maximum Gasteiger partial charge on any atom is 0.303 e. The van der Waals surface area contributed by atoms with Gasteiger partial charge in [-0.1, -0.05) is 18.2 Å². The molecule has 1 aliphatic heterocycles. The SMILES string of the molecule is O=C(O)CCC1CCN(C(=O)/C=C/c2ccccc2F)C1. The Morgan fingerprint density at radius 3 is 2.86 bits per heavy atom. The van der Waals surface area contributed by atoms with Crippen LogP contribution in [0.2, 0.25) is 0 Å². The van der Waals surface area contributed by atoms with E-state index in [1.807, 2.05) is 0 Å². The quantitative estimate of drug-likeness (QED) is 0.848. The third-order valence-corrected chi connectivity index (χ3v) is 3.67. The van der Waals surface area contributed by atoms with Crippen LogP contribution in [-0.2, 0) is 9.59 Å². The smallest absolute Gasteiger partial charge is 0.303 e. The zero-order valence-corrected chi connectivity index (χ0v) is 11.7. The molecule has 0 spiro atoms. The molecule has 1 atom stereocenters. The third kappa shape index (κ3) is 4.41. The van der Waals surface area contributed by atoms with Crippen LogP contribution in [0.4, 0.5) is 4.39 Å². The van der Waals surface area contributed by atoms with Crippen LogP contribution in [0.3, 0.4) is 0 Å². The Balaban J connectivity index is 1.87. The Morgan fingerprint density at radius 2 is 2.14 bits per heavy atom. The average Bonchev–Trinajstić information content (AvgIpc) is 2.93. The minimum Gasteiger partial charge on any atom is -0.481 e. The highest BCUT2D eigenvalue weighted by molar-refractivity contribution is 5.92. The topological polar surface area (TPSA) is 57.6 Å². The van der Waals surface area contributed by atoms with Gasteiger partial charge in [-0.15, -0.1) is 0 Å². The predicted molar refractivity (Wildman–Crippen MR) is 77.0 cm³/mol. The monoisotopic (exact) mass is 291 g/mol. The first-order valence-corrected chi connectivity index (χ1v) is 6.99. The molecule has 1 aromatic rings. The number of carbonyl (C=O) groups is 2. The lowest BCUT2D eigenvalue weighted by atomic mass is 10.0. The van der Waals surface area contributed by atoms with Crippen LogP contribution < -0.4 is 0 Å². The molecule has 2 rings (SSSR count). The van der Waals surface area contributed by atoms with E-state index in [4.69, 9.17) is 5.11 Å². The summed E-state index contributed by atoms with van der Waals surface area (Å²) in [7, 11) is 0. The molecule has 0 bridgehead atoms. The molecule has 1 amide bonds. The van der Waals surface area contributed by atoms with E-state index in [0.29, 0.717) is 25.1 Å². The first kappa shape index (κ1) is 15.2. The van der Waals surface area contributed by atoms with Gasteiger partial charge in [-0.2, -0.15) is 0 Å². The number of likely N-dealkylation sites (tertiary alicyclic amines) is 1. The lowest BCUT2D eigenvalue weighted by molar-refractivity contribution is -0.137. The minimum absolute atomic E-state index is 0.137. The molecule has 1 fully saturated rings. The summed E-state index contributed by atoms with van der Waals surface area (Å²) in [5.74, 6) is -1.08. The van der Waals surface area contributed by atoms with Crippen molar-refractivity contribution in [3.8, 4) is 0 Å². The molecule has 0 aliphatic carbocycles. The van der Waals surface area contributed by atoms with Crippen molar-refractivity contribution >= 4 is 18.0 Å². The molecular formula is C16H18FNO3. The maximum absolute atomic E-state index is 13.4. The summed E-state index contributed by atoms with van der Waals surface area (Å²) in [6, 6.07) is 6.27. The Kier molecular flexibility index (Phi) is 5.09. The van der Waals surface area contributed by atoms with Crippen LogP contribution in [0.15, 0.2) is 30.3 Å². The molecule has 1 unspecified atom stereocenters. The number of hydrogen-bond acceptors (Lipinski definition) is 2. The van der Waals surface area contributed by atoms with Gasteiger partial charge in [0.1, 0.15) is 5.82 Å². The maximum atomic E-state index is 13.4. The van der Waals surface area contributed by atoms with Gasteiger partial charge in [-0.05, 0) is 30.9 Å². The Morgan fingerprint density at radius 1 is 1.38 bits per heavy atom. The minimum atomic E-state index is -0.806. The fourth-order valence-corrected chi connectivity index (χ4v) is 2.47. The summed E-state index contributed by atoms with van der Waals surface area (Å²) < 4.78 is 13.4. The summed E-state index contributed by atoms with van der Waals surface area (Å²) in [6.07, 6.45) is 4.40. The fourth-order valence-electron chi connectivity index (χ4n) is 2.47.